The first-order valence-corrected chi connectivity index (χ1v) is 11.5. The van der Waals surface area contributed by atoms with E-state index in [9.17, 15) is 9.59 Å². The second-order valence-electron chi connectivity index (χ2n) is 8.37. The number of carbonyl (C=O) groups is 2. The molecule has 0 unspecified atom stereocenters. The number of hydrogen-bond acceptors (Lipinski definition) is 7. The second-order valence-corrected chi connectivity index (χ2v) is 8.37. The number of para-hydroxylation sites is 1. The van der Waals surface area contributed by atoms with Crippen LogP contribution in [-0.4, -0.2) is 83.2 Å². The SMILES string of the molecule is CN1CCN(c2cccc3c2OCCC3=O)CC1.O=CNc1ccc(N2CCOCC2)cc1. The Hall–Kier alpha value is -3.10. The minimum absolute atomic E-state index is 0.201. The highest BCUT2D eigenvalue weighted by Gasteiger charge is 2.25. The van der Waals surface area contributed by atoms with Gasteiger partial charge in [0.1, 0.15) is 0 Å². The van der Waals surface area contributed by atoms with Gasteiger partial charge in [-0.15, -0.1) is 0 Å². The first-order chi connectivity index (χ1) is 16.2. The van der Waals surface area contributed by atoms with Gasteiger partial charge in [0, 0.05) is 57.1 Å². The maximum absolute atomic E-state index is 11.9. The van der Waals surface area contributed by atoms with E-state index in [1.165, 1.54) is 5.69 Å². The molecule has 2 aromatic carbocycles. The molecule has 2 saturated heterocycles. The molecule has 1 N–H and O–H groups in total. The number of ketones is 1. The second kappa shape index (κ2) is 11.2. The number of hydrogen-bond donors (Lipinski definition) is 1. The minimum Gasteiger partial charge on any atom is -0.490 e. The number of nitrogens with one attached hydrogen (secondary N) is 1. The van der Waals surface area contributed by atoms with Crippen molar-refractivity contribution in [2.75, 3.05) is 81.3 Å². The van der Waals surface area contributed by atoms with E-state index in [4.69, 9.17) is 9.47 Å². The van der Waals surface area contributed by atoms with Crippen LogP contribution in [0.15, 0.2) is 42.5 Å². The van der Waals surface area contributed by atoms with Crippen molar-refractivity contribution in [3.8, 4) is 5.75 Å². The van der Waals surface area contributed by atoms with E-state index in [-0.39, 0.29) is 5.78 Å². The Morgan fingerprint density at radius 3 is 2.30 bits per heavy atom. The van der Waals surface area contributed by atoms with Crippen molar-refractivity contribution in [1.29, 1.82) is 0 Å². The number of likely N-dealkylation sites (N-methyl/N-ethyl adjacent to an activating group) is 1. The molecule has 2 fully saturated rings. The number of ether oxygens (including phenoxy) is 2. The maximum atomic E-state index is 11.9. The Bertz CT molecular complexity index is 936. The van der Waals surface area contributed by atoms with Crippen molar-refractivity contribution in [3.05, 3.63) is 48.0 Å². The number of fused-ring (bicyclic) bond motifs is 1. The number of anilines is 3. The Labute approximate surface area is 195 Å². The number of carbonyl (C=O) groups excluding carboxylic acids is 2. The maximum Gasteiger partial charge on any atom is 0.211 e. The van der Waals surface area contributed by atoms with Gasteiger partial charge < -0.3 is 29.5 Å². The van der Waals surface area contributed by atoms with Crippen LogP contribution in [0.4, 0.5) is 17.1 Å². The van der Waals surface area contributed by atoms with Gasteiger partial charge in [-0.25, -0.2) is 0 Å². The summed E-state index contributed by atoms with van der Waals surface area (Å²) in [5.74, 6) is 0.991. The number of piperazine rings is 1. The normalized spacial score (nSPS) is 18.5. The first-order valence-electron chi connectivity index (χ1n) is 11.5. The van der Waals surface area contributed by atoms with Crippen molar-refractivity contribution < 1.29 is 19.1 Å². The van der Waals surface area contributed by atoms with E-state index in [1.807, 2.05) is 36.4 Å². The highest BCUT2D eigenvalue weighted by atomic mass is 16.5. The van der Waals surface area contributed by atoms with Crippen LogP contribution in [0.5, 0.6) is 5.75 Å². The third-order valence-electron chi connectivity index (χ3n) is 6.18. The zero-order valence-corrected chi connectivity index (χ0v) is 19.2. The third-order valence-corrected chi connectivity index (χ3v) is 6.18. The molecule has 5 rings (SSSR count). The monoisotopic (exact) mass is 452 g/mol. The van der Waals surface area contributed by atoms with Crippen LogP contribution in [0, 0.1) is 0 Å². The van der Waals surface area contributed by atoms with Crippen molar-refractivity contribution in [2.45, 2.75) is 6.42 Å². The number of benzene rings is 2. The molecule has 2 aromatic rings. The van der Waals surface area contributed by atoms with Gasteiger partial charge in [-0.1, -0.05) is 6.07 Å². The van der Waals surface area contributed by atoms with Crippen LogP contribution >= 0.6 is 0 Å². The number of amides is 1. The molecule has 3 aliphatic rings. The summed E-state index contributed by atoms with van der Waals surface area (Å²) in [6.45, 7) is 8.03. The molecule has 0 saturated carbocycles. The highest BCUT2D eigenvalue weighted by molar-refractivity contribution is 6.01. The quantitative estimate of drug-likeness (QED) is 0.715. The summed E-state index contributed by atoms with van der Waals surface area (Å²) in [5.41, 5.74) is 3.82. The van der Waals surface area contributed by atoms with E-state index >= 15 is 0 Å². The molecule has 0 bridgehead atoms. The van der Waals surface area contributed by atoms with Gasteiger partial charge in [0.15, 0.2) is 11.5 Å². The van der Waals surface area contributed by atoms with Crippen LogP contribution in [0.2, 0.25) is 0 Å². The molecule has 8 heteroatoms. The molecule has 3 aliphatic heterocycles. The lowest BCUT2D eigenvalue weighted by molar-refractivity contribution is -0.105. The number of morpholine rings is 1. The fourth-order valence-corrected chi connectivity index (χ4v) is 4.23. The third kappa shape index (κ3) is 5.83. The van der Waals surface area contributed by atoms with Crippen molar-refractivity contribution in [1.82, 2.24) is 4.90 Å². The largest absolute Gasteiger partial charge is 0.490 e. The molecule has 0 aliphatic carbocycles. The zero-order chi connectivity index (χ0) is 23.0. The van der Waals surface area contributed by atoms with Gasteiger partial charge in [-0.3, -0.25) is 9.59 Å². The number of rotatable bonds is 4. The predicted octanol–water partition coefficient (Wildman–Crippen LogP) is 2.50. The van der Waals surface area contributed by atoms with E-state index in [2.05, 4.69) is 33.1 Å². The lowest BCUT2D eigenvalue weighted by Gasteiger charge is -2.35. The summed E-state index contributed by atoms with van der Waals surface area (Å²) in [6, 6.07) is 13.7. The van der Waals surface area contributed by atoms with Crippen LogP contribution in [0.25, 0.3) is 0 Å². The number of Topliss-reactive ketones (excluding diaryl/α,β-unsaturated/α-hetero) is 1. The molecule has 0 spiro atoms. The predicted molar refractivity (Wildman–Crippen MR) is 130 cm³/mol. The van der Waals surface area contributed by atoms with Gasteiger partial charge in [-0.2, -0.15) is 0 Å². The van der Waals surface area contributed by atoms with Crippen molar-refractivity contribution >= 4 is 29.3 Å². The topological polar surface area (TPSA) is 74.4 Å². The first kappa shape index (κ1) is 23.1. The van der Waals surface area contributed by atoms with Crippen LogP contribution in [0.1, 0.15) is 16.8 Å². The Kier molecular flexibility index (Phi) is 7.80. The van der Waals surface area contributed by atoms with E-state index in [1.54, 1.807) is 0 Å². The smallest absolute Gasteiger partial charge is 0.211 e. The van der Waals surface area contributed by atoms with Gasteiger partial charge in [0.05, 0.1) is 31.1 Å². The van der Waals surface area contributed by atoms with E-state index in [0.717, 1.165) is 75.2 Å². The molecule has 8 nitrogen and oxygen atoms in total. The molecule has 33 heavy (non-hydrogen) atoms. The lowest BCUT2D eigenvalue weighted by Crippen LogP contribution is -2.44. The molecule has 0 radical (unpaired) electrons. The van der Waals surface area contributed by atoms with Crippen molar-refractivity contribution in [2.24, 2.45) is 0 Å². The molecule has 3 heterocycles. The minimum atomic E-state index is 0.201. The summed E-state index contributed by atoms with van der Waals surface area (Å²) in [7, 11) is 2.14. The summed E-state index contributed by atoms with van der Waals surface area (Å²) in [6.07, 6.45) is 1.18. The molecular formula is C25H32N4O4. The van der Waals surface area contributed by atoms with Crippen molar-refractivity contribution in [3.63, 3.8) is 0 Å². The Balaban J connectivity index is 0.000000160. The molecule has 0 atom stereocenters. The van der Waals surface area contributed by atoms with Gasteiger partial charge >= 0.3 is 0 Å². The van der Waals surface area contributed by atoms with Gasteiger partial charge in [-0.05, 0) is 43.4 Å². The molecule has 1 amide bonds. The summed E-state index contributed by atoms with van der Waals surface area (Å²) in [5, 5.41) is 2.61. The highest BCUT2D eigenvalue weighted by Crippen LogP contribution is 2.35. The average Bonchev–Trinajstić information content (AvgIpc) is 2.86. The molecule has 0 aromatic heterocycles. The molecular weight excluding hydrogens is 420 g/mol. The number of nitrogens with zero attached hydrogens (tertiary/aromatic N) is 3. The van der Waals surface area contributed by atoms with E-state index in [0.29, 0.717) is 19.4 Å². The molecule has 176 valence electrons. The fourth-order valence-electron chi connectivity index (χ4n) is 4.23. The lowest BCUT2D eigenvalue weighted by atomic mass is 10.0. The van der Waals surface area contributed by atoms with Crippen LogP contribution in [-0.2, 0) is 9.53 Å². The summed E-state index contributed by atoms with van der Waals surface area (Å²) < 4.78 is 11.0. The van der Waals surface area contributed by atoms with Gasteiger partial charge in [0.2, 0.25) is 6.41 Å². The standard InChI is InChI=1S/C14H18N2O2.C11H14N2O2/c1-15-6-8-16(9-7-15)12-4-2-3-11-13(17)5-10-18-14(11)12;14-9-12-10-1-3-11(4-2-10)13-5-7-15-8-6-13/h2-4H,5-10H2,1H3;1-4,9H,5-8H2,(H,12,14). The van der Waals surface area contributed by atoms with Gasteiger partial charge in [0.25, 0.3) is 0 Å². The van der Waals surface area contributed by atoms with Crippen LogP contribution < -0.4 is 19.9 Å². The fraction of sp³-hybridized carbons (Fsp3) is 0.440. The Morgan fingerprint density at radius 1 is 0.879 bits per heavy atom. The average molecular weight is 453 g/mol. The Morgan fingerprint density at radius 2 is 1.61 bits per heavy atom. The zero-order valence-electron chi connectivity index (χ0n) is 19.2. The summed E-state index contributed by atoms with van der Waals surface area (Å²) >= 11 is 0. The van der Waals surface area contributed by atoms with Crippen LogP contribution in [0.3, 0.4) is 0 Å². The summed E-state index contributed by atoms with van der Waals surface area (Å²) in [4.78, 5) is 29.0. The van der Waals surface area contributed by atoms with E-state index < -0.39 is 0 Å².